The second-order valence-electron chi connectivity index (χ2n) is 15.3. The molecule has 8 rings (SSSR count). The first-order valence-electron chi connectivity index (χ1n) is 20.1. The van der Waals surface area contributed by atoms with Gasteiger partial charge in [-0.15, -0.1) is 0 Å². The van der Waals surface area contributed by atoms with E-state index in [2.05, 4.69) is 56.5 Å². The van der Waals surface area contributed by atoms with Crippen LogP contribution in [-0.4, -0.2) is 141 Å². The van der Waals surface area contributed by atoms with Gasteiger partial charge in [0, 0.05) is 44.3 Å². The Morgan fingerprint density at radius 1 is 0.712 bits per heavy atom. The van der Waals surface area contributed by atoms with Gasteiger partial charge in [0.25, 0.3) is 5.91 Å². The predicted octanol–water partition coefficient (Wildman–Crippen LogP) is 1.85. The van der Waals surface area contributed by atoms with E-state index in [4.69, 9.17) is 32.7 Å². The van der Waals surface area contributed by atoms with E-state index >= 15 is 0 Å². The summed E-state index contributed by atoms with van der Waals surface area (Å²) in [4.78, 5) is 66.5. The zero-order chi connectivity index (χ0) is 41.4. The maximum absolute atomic E-state index is 13.4. The van der Waals surface area contributed by atoms with Gasteiger partial charge in [-0.05, 0) is 88.4 Å². The van der Waals surface area contributed by atoms with Crippen LogP contribution < -0.4 is 26.6 Å². The molecule has 21 nitrogen and oxygen atoms in total. The summed E-state index contributed by atoms with van der Waals surface area (Å²) in [6.45, 7) is 5.53. The molecule has 4 aromatic heterocycles. The Labute approximate surface area is 348 Å². The number of imidazole rings is 2. The lowest BCUT2D eigenvalue weighted by Gasteiger charge is -2.35. The minimum Gasteiger partial charge on any atom is -0.387 e. The van der Waals surface area contributed by atoms with E-state index in [1.165, 1.54) is 10.9 Å². The van der Waals surface area contributed by atoms with Crippen molar-refractivity contribution in [2.24, 2.45) is 0 Å². The molecule has 318 valence electrons. The topological polar surface area (TPSA) is 261 Å². The second-order valence-corrected chi connectivity index (χ2v) is 15.9. The Morgan fingerprint density at radius 3 is 1.90 bits per heavy atom. The number of amides is 4. The third kappa shape index (κ3) is 8.53. The molecule has 6 atom stereocenters. The lowest BCUT2D eigenvalue weighted by atomic mass is 9.91. The van der Waals surface area contributed by atoms with Gasteiger partial charge >= 0.3 is 6.03 Å². The zero-order valence-electron chi connectivity index (χ0n) is 32.6. The molecule has 3 saturated heterocycles. The van der Waals surface area contributed by atoms with Gasteiger partial charge in [0.1, 0.15) is 24.5 Å². The fraction of sp³-hybridized carbons (Fsp3) is 0.639. The number of piperidine rings is 1. The molecule has 0 bridgehead atoms. The molecule has 0 radical (unpaired) electrons. The van der Waals surface area contributed by atoms with Gasteiger partial charge in [0.15, 0.2) is 46.3 Å². The number of aliphatic hydroxyl groups excluding tert-OH is 2. The fourth-order valence-corrected chi connectivity index (χ4v) is 8.65. The van der Waals surface area contributed by atoms with Crippen LogP contribution in [-0.2, 0) is 19.1 Å². The van der Waals surface area contributed by atoms with Gasteiger partial charge in [0.05, 0.1) is 12.7 Å². The van der Waals surface area contributed by atoms with E-state index in [0.717, 1.165) is 25.7 Å². The molecular formula is C36H48Cl2N14O7. The number of likely N-dealkylation sites (tertiary alicyclic amines) is 1. The molecule has 4 fully saturated rings. The Morgan fingerprint density at radius 2 is 1.27 bits per heavy atom. The lowest BCUT2D eigenvalue weighted by molar-refractivity contribution is -0.137. The molecule has 7 heterocycles. The maximum atomic E-state index is 13.4. The highest BCUT2D eigenvalue weighted by molar-refractivity contribution is 6.29. The molecular weight excluding hydrogens is 811 g/mol. The third-order valence-electron chi connectivity index (χ3n) is 11.4. The van der Waals surface area contributed by atoms with E-state index in [9.17, 15) is 24.6 Å². The summed E-state index contributed by atoms with van der Waals surface area (Å²) >= 11 is 12.7. The number of carbonyl (C=O) groups is 3. The van der Waals surface area contributed by atoms with Crippen LogP contribution in [0.25, 0.3) is 22.3 Å². The summed E-state index contributed by atoms with van der Waals surface area (Å²) in [5, 5.41) is 36.8. The molecule has 3 aliphatic heterocycles. The zero-order valence-corrected chi connectivity index (χ0v) is 34.1. The summed E-state index contributed by atoms with van der Waals surface area (Å²) in [6.07, 6.45) is 2.52. The Balaban J connectivity index is 0.819. The van der Waals surface area contributed by atoms with E-state index in [-0.39, 0.29) is 46.3 Å². The molecule has 0 unspecified atom stereocenters. The van der Waals surface area contributed by atoms with E-state index in [1.54, 1.807) is 17.8 Å². The molecule has 1 saturated carbocycles. The van der Waals surface area contributed by atoms with Crippen molar-refractivity contribution in [2.45, 2.75) is 120 Å². The Bertz CT molecular complexity index is 2180. The number of hydrogen-bond acceptors (Lipinski definition) is 15. The molecule has 0 spiro atoms. The maximum Gasteiger partial charge on any atom is 0.317 e. The van der Waals surface area contributed by atoms with Crippen molar-refractivity contribution < 1.29 is 34.1 Å². The van der Waals surface area contributed by atoms with Crippen LogP contribution in [0.15, 0.2) is 12.7 Å². The number of ether oxygens (including phenoxy) is 2. The first-order chi connectivity index (χ1) is 28.5. The number of halogens is 2. The van der Waals surface area contributed by atoms with Gasteiger partial charge in [-0.25, -0.2) is 14.8 Å². The van der Waals surface area contributed by atoms with Crippen molar-refractivity contribution in [3.8, 4) is 0 Å². The highest BCUT2D eigenvalue weighted by Crippen LogP contribution is 2.35. The smallest absolute Gasteiger partial charge is 0.317 e. The number of likely N-dealkylation sites (N-methyl/N-ethyl adjacent to an activating group) is 2. The van der Waals surface area contributed by atoms with Gasteiger partial charge in [-0.3, -0.25) is 18.7 Å². The Kier molecular flexibility index (Phi) is 12.2. The highest BCUT2D eigenvalue weighted by Gasteiger charge is 2.48. The number of nitrogens with zero attached hydrogens (tertiary/aromatic N) is 9. The molecule has 4 amide bonds. The summed E-state index contributed by atoms with van der Waals surface area (Å²) in [7, 11) is 0. The molecule has 23 heteroatoms. The quantitative estimate of drug-likeness (QED) is 0.106. The largest absolute Gasteiger partial charge is 0.387 e. The first kappa shape index (κ1) is 41.1. The normalized spacial score (nSPS) is 27.6. The number of fused-ring (bicyclic) bond motifs is 2. The van der Waals surface area contributed by atoms with E-state index < -0.39 is 42.8 Å². The van der Waals surface area contributed by atoms with Crippen LogP contribution in [0.4, 0.5) is 16.4 Å². The van der Waals surface area contributed by atoms with Crippen molar-refractivity contribution in [2.75, 3.05) is 36.8 Å². The van der Waals surface area contributed by atoms with Crippen molar-refractivity contribution >= 4 is 75.0 Å². The number of rotatable bonds is 11. The van der Waals surface area contributed by atoms with E-state index in [1.807, 2.05) is 11.8 Å². The minimum absolute atomic E-state index is 0.0216. The van der Waals surface area contributed by atoms with Gasteiger partial charge < -0.3 is 51.2 Å². The summed E-state index contributed by atoms with van der Waals surface area (Å²) < 4.78 is 15.0. The molecule has 59 heavy (non-hydrogen) atoms. The van der Waals surface area contributed by atoms with E-state index in [0.29, 0.717) is 80.2 Å². The van der Waals surface area contributed by atoms with Gasteiger partial charge in [-0.1, -0.05) is 0 Å². The lowest BCUT2D eigenvalue weighted by Crippen LogP contribution is -2.50. The number of nitrogens with one attached hydrogen (secondary N) is 5. The van der Waals surface area contributed by atoms with Crippen LogP contribution in [0.5, 0.6) is 0 Å². The number of hydrogen-bond donors (Lipinski definition) is 7. The third-order valence-corrected chi connectivity index (χ3v) is 11.7. The fourth-order valence-electron chi connectivity index (χ4n) is 8.33. The standard InChI is InChI=1S/C36H48Cl2N14O7/c1-3-39-31(55)20-9-10-21(58-20)51-15-41-22-27(46-34(37)48-29(22)51)43-17-5-7-18(8-6-17)45-36(57)50-13-11-19(12-14-50)44-28-23-30(49-35(38)47-28)52(16-42-23)33-25(54)24(53)26(59-33)32(56)40-4-2/h15-21,24-26,33,53-54H,3-14H2,1-2H3,(H,39,55)(H,40,56)(H,45,57)(H,43,46,48)(H,44,47,49)/t17-,18-,20-,21+,24-,25+,26-,33+/m0/s1. The van der Waals surface area contributed by atoms with Gasteiger partial charge in [0.2, 0.25) is 16.5 Å². The average Bonchev–Trinajstić information content (AvgIpc) is 4.02. The number of carbonyl (C=O) groups excluding carboxylic acids is 3. The molecule has 7 N–H and O–H groups in total. The van der Waals surface area contributed by atoms with Crippen molar-refractivity contribution in [3.05, 3.63) is 23.2 Å². The monoisotopic (exact) mass is 858 g/mol. The highest BCUT2D eigenvalue weighted by atomic mass is 35.5. The van der Waals surface area contributed by atoms with Crippen LogP contribution >= 0.6 is 23.2 Å². The van der Waals surface area contributed by atoms with Crippen LogP contribution in [0.2, 0.25) is 10.6 Å². The van der Waals surface area contributed by atoms with Crippen molar-refractivity contribution in [1.82, 2.24) is 59.9 Å². The predicted molar refractivity (Wildman–Crippen MR) is 214 cm³/mol. The number of aromatic nitrogens is 8. The Hall–Kier alpha value is -4.67. The molecule has 1 aliphatic carbocycles. The number of anilines is 2. The van der Waals surface area contributed by atoms with Crippen molar-refractivity contribution in [1.29, 1.82) is 0 Å². The summed E-state index contributed by atoms with van der Waals surface area (Å²) in [5.41, 5.74) is 1.74. The molecule has 4 aromatic rings. The molecule has 4 aliphatic rings. The second kappa shape index (κ2) is 17.5. The summed E-state index contributed by atoms with van der Waals surface area (Å²) in [6, 6.07) is -0.0323. The summed E-state index contributed by atoms with van der Waals surface area (Å²) in [5.74, 6) is 0.250. The number of urea groups is 1. The van der Waals surface area contributed by atoms with Crippen LogP contribution in [0.1, 0.15) is 77.7 Å². The van der Waals surface area contributed by atoms with Crippen LogP contribution in [0.3, 0.4) is 0 Å². The molecule has 0 aromatic carbocycles. The first-order valence-corrected chi connectivity index (χ1v) is 20.9. The van der Waals surface area contributed by atoms with Crippen LogP contribution in [0, 0.1) is 0 Å². The average molecular weight is 860 g/mol. The SMILES string of the molecule is CCNC(=O)[C@@H]1CC[C@H](n2cnc3c(N[C@H]4CC[C@H](NC(=O)N5CCC(Nc6nc(Cl)nc7c6ncn7[C@@H]6O[C@H](C(=O)NCC)[C@@H](O)[C@H]6O)CC5)CC4)nc(Cl)nc32)O1. The van der Waals surface area contributed by atoms with Crippen molar-refractivity contribution in [3.63, 3.8) is 0 Å². The van der Waals surface area contributed by atoms with Gasteiger partial charge in [-0.2, -0.15) is 19.9 Å². The minimum atomic E-state index is -1.46. The number of aliphatic hydroxyl groups is 2.